The van der Waals surface area contributed by atoms with Crippen molar-refractivity contribution in [2.45, 2.75) is 58.6 Å². The zero-order valence-corrected chi connectivity index (χ0v) is 14.4. The molecule has 2 fully saturated rings. The number of aliphatic hydroxyl groups is 1. The second kappa shape index (κ2) is 8.16. The van der Waals surface area contributed by atoms with Gasteiger partial charge in [-0.1, -0.05) is 13.8 Å². The number of likely N-dealkylation sites (tertiary alicyclic amines) is 2. The fraction of sp³-hybridized carbons (Fsp3) is 0.941. The predicted molar refractivity (Wildman–Crippen MR) is 88.8 cm³/mol. The summed E-state index contributed by atoms with van der Waals surface area (Å²) in [5.41, 5.74) is 0. The van der Waals surface area contributed by atoms with Crippen molar-refractivity contribution < 1.29 is 9.90 Å². The molecule has 0 spiro atoms. The van der Waals surface area contributed by atoms with Crippen LogP contribution in [0.1, 0.15) is 46.5 Å². The van der Waals surface area contributed by atoms with Gasteiger partial charge < -0.3 is 20.2 Å². The van der Waals surface area contributed by atoms with Crippen molar-refractivity contribution in [3.05, 3.63) is 0 Å². The Kier molecular flexibility index (Phi) is 6.50. The van der Waals surface area contributed by atoms with Crippen LogP contribution in [-0.4, -0.2) is 65.8 Å². The Balaban J connectivity index is 1.73. The first kappa shape index (κ1) is 17.5. The van der Waals surface area contributed by atoms with Crippen LogP contribution in [0, 0.1) is 11.8 Å². The van der Waals surface area contributed by atoms with Gasteiger partial charge in [-0.05, 0) is 38.5 Å². The molecule has 0 aromatic carbocycles. The largest absolute Gasteiger partial charge is 0.393 e. The van der Waals surface area contributed by atoms with Crippen LogP contribution in [0.2, 0.25) is 0 Å². The van der Waals surface area contributed by atoms with Crippen molar-refractivity contribution in [3.63, 3.8) is 0 Å². The summed E-state index contributed by atoms with van der Waals surface area (Å²) in [7, 11) is 0. The van der Waals surface area contributed by atoms with Crippen LogP contribution in [0.4, 0.5) is 4.79 Å². The molecule has 2 aliphatic rings. The lowest BCUT2D eigenvalue weighted by Gasteiger charge is -2.37. The third kappa shape index (κ3) is 5.13. The van der Waals surface area contributed by atoms with Gasteiger partial charge in [0.15, 0.2) is 0 Å². The number of hydrogen-bond acceptors (Lipinski definition) is 3. The highest BCUT2D eigenvalue weighted by atomic mass is 16.3. The van der Waals surface area contributed by atoms with E-state index < -0.39 is 0 Å². The molecule has 22 heavy (non-hydrogen) atoms. The Morgan fingerprint density at radius 1 is 1.18 bits per heavy atom. The van der Waals surface area contributed by atoms with Gasteiger partial charge in [0, 0.05) is 44.7 Å². The van der Waals surface area contributed by atoms with Crippen LogP contribution in [0.5, 0.6) is 0 Å². The van der Waals surface area contributed by atoms with Crippen molar-refractivity contribution >= 4 is 6.03 Å². The zero-order valence-electron chi connectivity index (χ0n) is 14.4. The highest BCUT2D eigenvalue weighted by Gasteiger charge is 2.28. The highest BCUT2D eigenvalue weighted by Crippen LogP contribution is 2.20. The van der Waals surface area contributed by atoms with E-state index in [2.05, 4.69) is 24.1 Å². The van der Waals surface area contributed by atoms with Crippen molar-refractivity contribution in [1.29, 1.82) is 0 Å². The van der Waals surface area contributed by atoms with Crippen LogP contribution in [0.15, 0.2) is 0 Å². The molecule has 0 aliphatic carbocycles. The lowest BCUT2D eigenvalue weighted by atomic mass is 9.93. The molecule has 2 rings (SSSR count). The number of carbonyl (C=O) groups excluding carboxylic acids is 1. The lowest BCUT2D eigenvalue weighted by Crippen LogP contribution is -2.52. The monoisotopic (exact) mass is 311 g/mol. The maximum absolute atomic E-state index is 12.4. The Morgan fingerprint density at radius 3 is 2.45 bits per heavy atom. The molecule has 0 aromatic rings. The third-order valence-corrected chi connectivity index (χ3v) is 4.97. The number of urea groups is 1. The molecule has 2 N–H and O–H groups in total. The lowest BCUT2D eigenvalue weighted by molar-refractivity contribution is 0.0723. The average molecular weight is 311 g/mol. The molecule has 5 heteroatoms. The quantitative estimate of drug-likeness (QED) is 0.834. The van der Waals surface area contributed by atoms with Crippen LogP contribution < -0.4 is 5.32 Å². The van der Waals surface area contributed by atoms with Gasteiger partial charge in [0.25, 0.3) is 0 Å². The van der Waals surface area contributed by atoms with Gasteiger partial charge in [0.1, 0.15) is 0 Å². The van der Waals surface area contributed by atoms with Gasteiger partial charge in [-0.15, -0.1) is 0 Å². The van der Waals surface area contributed by atoms with E-state index in [4.69, 9.17) is 0 Å². The van der Waals surface area contributed by atoms with Crippen molar-refractivity contribution in [1.82, 2.24) is 15.1 Å². The minimum Gasteiger partial charge on any atom is -0.393 e. The molecule has 2 heterocycles. The van der Waals surface area contributed by atoms with E-state index in [9.17, 15) is 9.90 Å². The van der Waals surface area contributed by atoms with Crippen LogP contribution in [0.3, 0.4) is 0 Å². The van der Waals surface area contributed by atoms with E-state index in [-0.39, 0.29) is 18.1 Å². The summed E-state index contributed by atoms with van der Waals surface area (Å²) in [6.45, 7) is 11.2. The SMILES string of the molecule is CC(C)CN1CCC(NC(=O)N2CCCC(C(C)O)C2)CC1. The van der Waals surface area contributed by atoms with E-state index in [1.54, 1.807) is 0 Å². The van der Waals surface area contributed by atoms with E-state index >= 15 is 0 Å². The second-order valence-electron chi connectivity index (χ2n) is 7.51. The summed E-state index contributed by atoms with van der Waals surface area (Å²) in [5, 5.41) is 12.9. The van der Waals surface area contributed by atoms with Gasteiger partial charge in [0.2, 0.25) is 0 Å². The van der Waals surface area contributed by atoms with E-state index in [0.29, 0.717) is 18.5 Å². The molecule has 2 amide bonds. The Labute approximate surface area is 135 Å². The Morgan fingerprint density at radius 2 is 1.86 bits per heavy atom. The molecule has 2 atom stereocenters. The number of piperidine rings is 2. The number of aliphatic hydroxyl groups excluding tert-OH is 1. The number of hydrogen-bond donors (Lipinski definition) is 2. The number of rotatable bonds is 4. The van der Waals surface area contributed by atoms with Crippen LogP contribution in [-0.2, 0) is 0 Å². The first-order valence-electron chi connectivity index (χ1n) is 8.91. The summed E-state index contributed by atoms with van der Waals surface area (Å²) in [4.78, 5) is 16.8. The number of carbonyl (C=O) groups is 1. The Hall–Kier alpha value is -0.810. The van der Waals surface area contributed by atoms with Gasteiger partial charge in [-0.25, -0.2) is 4.79 Å². The molecular weight excluding hydrogens is 278 g/mol. The van der Waals surface area contributed by atoms with Gasteiger partial charge in [-0.3, -0.25) is 0 Å². The molecule has 2 saturated heterocycles. The summed E-state index contributed by atoms with van der Waals surface area (Å²) in [6, 6.07) is 0.371. The number of nitrogens with one attached hydrogen (secondary N) is 1. The molecule has 5 nitrogen and oxygen atoms in total. The van der Waals surface area contributed by atoms with Gasteiger partial charge in [0.05, 0.1) is 6.10 Å². The van der Waals surface area contributed by atoms with Crippen LogP contribution >= 0.6 is 0 Å². The smallest absolute Gasteiger partial charge is 0.317 e. The topological polar surface area (TPSA) is 55.8 Å². The molecule has 2 unspecified atom stereocenters. The average Bonchev–Trinajstić information content (AvgIpc) is 2.49. The van der Waals surface area contributed by atoms with Crippen LogP contribution in [0.25, 0.3) is 0 Å². The summed E-state index contributed by atoms with van der Waals surface area (Å²) in [6.07, 6.45) is 3.79. The maximum atomic E-state index is 12.4. The predicted octanol–water partition coefficient (Wildman–Crippen LogP) is 1.91. The molecule has 0 aromatic heterocycles. The normalized spacial score (nSPS) is 26.2. The summed E-state index contributed by atoms with van der Waals surface area (Å²) < 4.78 is 0. The van der Waals surface area contributed by atoms with Gasteiger partial charge >= 0.3 is 6.03 Å². The minimum absolute atomic E-state index is 0.0626. The molecular formula is C17H33N3O2. The van der Waals surface area contributed by atoms with E-state index in [1.165, 1.54) is 0 Å². The fourth-order valence-corrected chi connectivity index (χ4v) is 3.63. The summed E-state index contributed by atoms with van der Waals surface area (Å²) >= 11 is 0. The summed E-state index contributed by atoms with van der Waals surface area (Å²) in [5.74, 6) is 0.935. The van der Waals surface area contributed by atoms with Crippen molar-refractivity contribution in [2.24, 2.45) is 11.8 Å². The minimum atomic E-state index is -0.324. The van der Waals surface area contributed by atoms with E-state index in [0.717, 1.165) is 51.9 Å². The molecule has 2 aliphatic heterocycles. The molecule has 0 saturated carbocycles. The number of nitrogens with zero attached hydrogens (tertiary/aromatic N) is 2. The first-order valence-corrected chi connectivity index (χ1v) is 8.91. The number of amides is 2. The zero-order chi connectivity index (χ0) is 16.1. The first-order chi connectivity index (χ1) is 10.5. The highest BCUT2D eigenvalue weighted by molar-refractivity contribution is 5.74. The van der Waals surface area contributed by atoms with Crippen molar-refractivity contribution in [2.75, 3.05) is 32.7 Å². The molecule has 0 radical (unpaired) electrons. The maximum Gasteiger partial charge on any atom is 0.317 e. The fourth-order valence-electron chi connectivity index (χ4n) is 3.63. The van der Waals surface area contributed by atoms with E-state index in [1.807, 2.05) is 11.8 Å². The standard InChI is InChI=1S/C17H33N3O2/c1-13(2)11-19-9-6-16(7-10-19)18-17(22)20-8-4-5-15(12-20)14(3)21/h13-16,21H,4-12H2,1-3H3,(H,18,22). The van der Waals surface area contributed by atoms with Crippen molar-refractivity contribution in [3.8, 4) is 0 Å². The van der Waals surface area contributed by atoms with Gasteiger partial charge in [-0.2, -0.15) is 0 Å². The Bertz CT molecular complexity index is 352. The second-order valence-corrected chi connectivity index (χ2v) is 7.51. The molecule has 0 bridgehead atoms. The third-order valence-electron chi connectivity index (χ3n) is 4.97. The molecule has 128 valence electrons.